The SMILES string of the molecule is Cc1cc(NC(=O)COC(=O)Cc2c(C)nn(-c3ccccc3)c2C)no1. The van der Waals surface area contributed by atoms with Crippen molar-refractivity contribution in [1.29, 1.82) is 0 Å². The van der Waals surface area contributed by atoms with Crippen LogP contribution in [0.25, 0.3) is 5.69 Å². The Hall–Kier alpha value is -3.42. The number of amides is 1. The van der Waals surface area contributed by atoms with Crippen LogP contribution >= 0.6 is 0 Å². The molecule has 0 saturated carbocycles. The van der Waals surface area contributed by atoms with Gasteiger partial charge >= 0.3 is 5.97 Å². The zero-order valence-corrected chi connectivity index (χ0v) is 15.4. The van der Waals surface area contributed by atoms with Crippen molar-refractivity contribution in [2.24, 2.45) is 0 Å². The number of ether oxygens (including phenoxy) is 1. The molecule has 0 radical (unpaired) electrons. The maximum atomic E-state index is 12.2. The molecule has 0 atom stereocenters. The predicted octanol–water partition coefficient (Wildman–Crippen LogP) is 2.51. The summed E-state index contributed by atoms with van der Waals surface area (Å²) >= 11 is 0. The number of anilines is 1. The summed E-state index contributed by atoms with van der Waals surface area (Å²) in [6.45, 7) is 5.06. The largest absolute Gasteiger partial charge is 0.455 e. The number of para-hydroxylation sites is 1. The third-order valence-corrected chi connectivity index (χ3v) is 4.02. The average Bonchev–Trinajstić information content (AvgIpc) is 3.18. The molecule has 1 amide bonds. The standard InChI is InChI=1S/C19H20N4O4/c1-12-9-17(22-27-12)20-18(24)11-26-19(25)10-16-13(2)21-23(14(16)3)15-7-5-4-6-8-15/h4-9H,10-11H2,1-3H3,(H,20,22,24). The zero-order valence-electron chi connectivity index (χ0n) is 15.4. The second-order valence-electron chi connectivity index (χ2n) is 6.11. The highest BCUT2D eigenvalue weighted by atomic mass is 16.5. The van der Waals surface area contributed by atoms with Crippen molar-refractivity contribution in [3.63, 3.8) is 0 Å². The van der Waals surface area contributed by atoms with Gasteiger partial charge in [-0.25, -0.2) is 4.68 Å². The lowest BCUT2D eigenvalue weighted by molar-refractivity contribution is -0.146. The Labute approximate surface area is 156 Å². The topological polar surface area (TPSA) is 99.2 Å². The van der Waals surface area contributed by atoms with Gasteiger partial charge < -0.3 is 14.6 Å². The van der Waals surface area contributed by atoms with E-state index in [0.29, 0.717) is 5.76 Å². The lowest BCUT2D eigenvalue weighted by Crippen LogP contribution is -2.22. The quantitative estimate of drug-likeness (QED) is 0.671. The first-order valence-corrected chi connectivity index (χ1v) is 8.43. The Morgan fingerprint density at radius 3 is 2.59 bits per heavy atom. The van der Waals surface area contributed by atoms with Crippen LogP contribution in [0, 0.1) is 20.8 Å². The van der Waals surface area contributed by atoms with Crippen molar-refractivity contribution in [1.82, 2.24) is 14.9 Å². The van der Waals surface area contributed by atoms with E-state index >= 15 is 0 Å². The third kappa shape index (κ3) is 4.41. The molecule has 27 heavy (non-hydrogen) atoms. The van der Waals surface area contributed by atoms with E-state index < -0.39 is 18.5 Å². The zero-order chi connectivity index (χ0) is 19.4. The van der Waals surface area contributed by atoms with Gasteiger partial charge in [0, 0.05) is 17.3 Å². The van der Waals surface area contributed by atoms with Crippen LogP contribution in [0.2, 0.25) is 0 Å². The van der Waals surface area contributed by atoms with Crippen molar-refractivity contribution >= 4 is 17.7 Å². The van der Waals surface area contributed by atoms with Crippen molar-refractivity contribution in [2.75, 3.05) is 11.9 Å². The summed E-state index contributed by atoms with van der Waals surface area (Å²) in [5.41, 5.74) is 3.31. The maximum absolute atomic E-state index is 12.2. The molecule has 3 rings (SSSR count). The lowest BCUT2D eigenvalue weighted by atomic mass is 10.1. The molecule has 2 aromatic heterocycles. The Kier molecular flexibility index (Phi) is 5.35. The van der Waals surface area contributed by atoms with E-state index in [1.165, 1.54) is 0 Å². The van der Waals surface area contributed by atoms with E-state index in [0.717, 1.165) is 22.6 Å². The molecule has 0 bridgehead atoms. The van der Waals surface area contributed by atoms with Crippen molar-refractivity contribution in [3.8, 4) is 5.69 Å². The number of rotatable bonds is 6. The van der Waals surface area contributed by atoms with Gasteiger partial charge in [-0.15, -0.1) is 0 Å². The molecule has 0 fully saturated rings. The number of esters is 1. The molecular weight excluding hydrogens is 348 g/mol. The lowest BCUT2D eigenvalue weighted by Gasteiger charge is -2.06. The van der Waals surface area contributed by atoms with E-state index in [-0.39, 0.29) is 12.2 Å². The van der Waals surface area contributed by atoms with E-state index in [4.69, 9.17) is 9.26 Å². The van der Waals surface area contributed by atoms with Crippen LogP contribution in [0.15, 0.2) is 40.9 Å². The first-order chi connectivity index (χ1) is 12.9. The molecule has 1 aromatic carbocycles. The first-order valence-electron chi connectivity index (χ1n) is 8.43. The number of hydrogen-bond donors (Lipinski definition) is 1. The van der Waals surface area contributed by atoms with E-state index in [2.05, 4.69) is 15.6 Å². The summed E-state index contributed by atoms with van der Waals surface area (Å²) in [6.07, 6.45) is 0.0425. The number of aryl methyl sites for hydroxylation is 2. The smallest absolute Gasteiger partial charge is 0.310 e. The summed E-state index contributed by atoms with van der Waals surface area (Å²) in [4.78, 5) is 24.0. The van der Waals surface area contributed by atoms with E-state index in [9.17, 15) is 9.59 Å². The van der Waals surface area contributed by atoms with Crippen molar-refractivity contribution in [2.45, 2.75) is 27.2 Å². The fourth-order valence-corrected chi connectivity index (χ4v) is 2.70. The fraction of sp³-hybridized carbons (Fsp3) is 0.263. The minimum atomic E-state index is -0.500. The molecule has 8 nitrogen and oxygen atoms in total. The molecule has 3 aromatic rings. The molecule has 0 aliphatic rings. The van der Waals surface area contributed by atoms with Gasteiger partial charge in [-0.1, -0.05) is 23.4 Å². The highest BCUT2D eigenvalue weighted by Gasteiger charge is 2.17. The minimum absolute atomic E-state index is 0.0425. The molecule has 1 N–H and O–H groups in total. The molecule has 0 saturated heterocycles. The normalized spacial score (nSPS) is 10.6. The molecule has 0 aliphatic carbocycles. The van der Waals surface area contributed by atoms with Crippen LogP contribution in [0.5, 0.6) is 0 Å². The monoisotopic (exact) mass is 368 g/mol. The Morgan fingerprint density at radius 2 is 1.93 bits per heavy atom. The van der Waals surface area contributed by atoms with Crippen LogP contribution in [0.4, 0.5) is 5.82 Å². The third-order valence-electron chi connectivity index (χ3n) is 4.02. The second kappa shape index (κ2) is 7.86. The highest BCUT2D eigenvalue weighted by Crippen LogP contribution is 2.18. The van der Waals surface area contributed by atoms with Gasteiger partial charge in [-0.3, -0.25) is 9.59 Å². The Morgan fingerprint density at radius 1 is 1.19 bits per heavy atom. The number of aromatic nitrogens is 3. The van der Waals surface area contributed by atoms with Gasteiger partial charge in [-0.2, -0.15) is 5.10 Å². The predicted molar refractivity (Wildman–Crippen MR) is 97.6 cm³/mol. The summed E-state index contributed by atoms with van der Waals surface area (Å²) < 4.78 is 11.7. The summed E-state index contributed by atoms with van der Waals surface area (Å²) in [7, 11) is 0. The van der Waals surface area contributed by atoms with E-state index in [1.54, 1.807) is 17.7 Å². The molecule has 0 aliphatic heterocycles. The number of carbonyl (C=O) groups is 2. The van der Waals surface area contributed by atoms with Gasteiger partial charge in [0.15, 0.2) is 12.4 Å². The van der Waals surface area contributed by atoms with Gasteiger partial charge in [-0.05, 0) is 32.9 Å². The molecule has 8 heteroatoms. The van der Waals surface area contributed by atoms with Crippen molar-refractivity contribution in [3.05, 3.63) is 59.1 Å². The summed E-state index contributed by atoms with van der Waals surface area (Å²) in [6, 6.07) is 11.2. The van der Waals surface area contributed by atoms with Crippen LogP contribution in [0.3, 0.4) is 0 Å². The molecular formula is C19H20N4O4. The summed E-state index contributed by atoms with van der Waals surface area (Å²) in [5, 5.41) is 10.6. The van der Waals surface area contributed by atoms with Crippen LogP contribution < -0.4 is 5.32 Å². The highest BCUT2D eigenvalue weighted by molar-refractivity contribution is 5.92. The van der Waals surface area contributed by atoms with Crippen LogP contribution in [-0.4, -0.2) is 33.4 Å². The Balaban J connectivity index is 1.59. The Bertz CT molecular complexity index is 960. The summed E-state index contributed by atoms with van der Waals surface area (Å²) in [5.74, 6) is -0.126. The molecule has 0 unspecified atom stereocenters. The number of hydrogen-bond acceptors (Lipinski definition) is 6. The van der Waals surface area contributed by atoms with Crippen LogP contribution in [0.1, 0.15) is 22.7 Å². The molecule has 0 spiro atoms. The second-order valence-corrected chi connectivity index (χ2v) is 6.11. The number of benzene rings is 1. The first kappa shape index (κ1) is 18.4. The maximum Gasteiger partial charge on any atom is 0.310 e. The van der Waals surface area contributed by atoms with Crippen molar-refractivity contribution < 1.29 is 18.8 Å². The number of nitrogens with one attached hydrogen (secondary N) is 1. The fourth-order valence-electron chi connectivity index (χ4n) is 2.70. The van der Waals surface area contributed by atoms with E-state index in [1.807, 2.05) is 44.2 Å². The van der Waals surface area contributed by atoms with Crippen LogP contribution in [-0.2, 0) is 20.7 Å². The number of carbonyl (C=O) groups excluding carboxylic acids is 2. The van der Waals surface area contributed by atoms with Gasteiger partial charge in [0.1, 0.15) is 5.76 Å². The minimum Gasteiger partial charge on any atom is -0.455 e. The molecule has 140 valence electrons. The van der Waals surface area contributed by atoms with Gasteiger partial charge in [0.25, 0.3) is 5.91 Å². The number of nitrogens with zero attached hydrogens (tertiary/aromatic N) is 3. The van der Waals surface area contributed by atoms with Gasteiger partial charge in [0.05, 0.1) is 17.8 Å². The average molecular weight is 368 g/mol. The molecule has 2 heterocycles. The van der Waals surface area contributed by atoms with Gasteiger partial charge in [0.2, 0.25) is 0 Å².